The highest BCUT2D eigenvalue weighted by molar-refractivity contribution is 5.53. The molecule has 0 heterocycles. The smallest absolute Gasteiger partial charge is 0.124 e. The molecule has 0 aliphatic carbocycles. The van der Waals surface area contributed by atoms with E-state index in [1.165, 1.54) is 11.1 Å². The maximum absolute atomic E-state index is 10.0. The average molecular weight is 304 g/mol. The Bertz CT molecular complexity index is 454. The van der Waals surface area contributed by atoms with Crippen molar-refractivity contribution in [2.75, 3.05) is 13.2 Å². The van der Waals surface area contributed by atoms with Crippen LogP contribution in [0.25, 0.3) is 0 Å². The van der Waals surface area contributed by atoms with Crippen molar-refractivity contribution in [3.63, 3.8) is 0 Å². The van der Waals surface area contributed by atoms with Crippen LogP contribution in [0.5, 0.6) is 5.75 Å². The van der Waals surface area contributed by atoms with Gasteiger partial charge < -0.3 is 14.6 Å². The Hall–Kier alpha value is -1.87. The van der Waals surface area contributed by atoms with Gasteiger partial charge >= 0.3 is 0 Å². The Kier molecular flexibility index (Phi) is 11.7. The van der Waals surface area contributed by atoms with Crippen LogP contribution in [0.4, 0.5) is 0 Å². The van der Waals surface area contributed by atoms with E-state index < -0.39 is 0 Å². The first-order chi connectivity index (χ1) is 10.5. The molecule has 0 fully saturated rings. The molecule has 0 radical (unpaired) electrons. The highest BCUT2D eigenvalue weighted by Crippen LogP contribution is 2.10. The van der Waals surface area contributed by atoms with Gasteiger partial charge in [-0.05, 0) is 45.7 Å². The van der Waals surface area contributed by atoms with Crippen molar-refractivity contribution < 1.29 is 14.6 Å². The van der Waals surface area contributed by atoms with Crippen LogP contribution in [0.15, 0.2) is 48.1 Å². The zero-order valence-corrected chi connectivity index (χ0v) is 14.0. The topological polar surface area (TPSA) is 46.5 Å². The number of allylic oxidation sites excluding steroid dienone is 3. The van der Waals surface area contributed by atoms with E-state index in [1.54, 1.807) is 0 Å². The number of aldehydes is 1. The van der Waals surface area contributed by atoms with Gasteiger partial charge in [-0.1, -0.05) is 41.5 Å². The first-order valence-electron chi connectivity index (χ1n) is 7.53. The summed E-state index contributed by atoms with van der Waals surface area (Å²) < 4.78 is 5.16. The lowest BCUT2D eigenvalue weighted by molar-refractivity contribution is -0.107. The number of carbonyl (C=O) groups excluding carboxylic acids is 1. The minimum Gasteiger partial charge on any atom is -0.491 e. The fourth-order valence-corrected chi connectivity index (χ4v) is 1.58. The lowest BCUT2D eigenvalue weighted by Crippen LogP contribution is -2.01. The molecule has 0 saturated carbocycles. The molecule has 1 aromatic carbocycles. The fraction of sp³-hybridized carbons (Fsp3) is 0.421. The molecular weight excluding hydrogens is 276 g/mol. The third-order valence-electron chi connectivity index (χ3n) is 2.80. The number of carbonyl (C=O) groups is 1. The highest BCUT2D eigenvalue weighted by atomic mass is 16.5. The van der Waals surface area contributed by atoms with Gasteiger partial charge in [-0.3, -0.25) is 0 Å². The molecule has 0 aliphatic heterocycles. The van der Waals surface area contributed by atoms with Crippen LogP contribution in [-0.4, -0.2) is 24.6 Å². The molecule has 0 unspecified atom stereocenters. The number of aliphatic hydroxyl groups excluding tert-OH is 1. The molecule has 0 spiro atoms. The first kappa shape index (κ1) is 20.1. The number of ether oxygens (including phenoxy) is 1. The Morgan fingerprint density at radius 1 is 1.27 bits per heavy atom. The second-order valence-corrected chi connectivity index (χ2v) is 5.33. The molecule has 122 valence electrons. The van der Waals surface area contributed by atoms with Crippen LogP contribution in [0.3, 0.4) is 0 Å². The normalized spacial score (nSPS) is 9.27. The standard InChI is InChI=1S/C10H16O.C9H12O2/c1-9(2)5-4-6-10(3)7-8-11;1-8-2-4-9(5-3-8)11-7-6-10/h5,8H,3-4,6-7H2,1-2H3;2-5,10H,6-7H2,1H3. The molecule has 0 atom stereocenters. The molecule has 1 N–H and O–H groups in total. The van der Waals surface area contributed by atoms with Crippen LogP contribution >= 0.6 is 0 Å². The van der Waals surface area contributed by atoms with Gasteiger partial charge in [-0.2, -0.15) is 0 Å². The van der Waals surface area contributed by atoms with Gasteiger partial charge in [0.15, 0.2) is 0 Å². The van der Waals surface area contributed by atoms with Crippen molar-refractivity contribution in [1.82, 2.24) is 0 Å². The van der Waals surface area contributed by atoms with Crippen molar-refractivity contribution in [1.29, 1.82) is 0 Å². The molecule has 3 heteroatoms. The number of aryl methyl sites for hydroxylation is 1. The minimum absolute atomic E-state index is 0.0634. The van der Waals surface area contributed by atoms with Gasteiger partial charge in [-0.25, -0.2) is 0 Å². The molecule has 22 heavy (non-hydrogen) atoms. The molecule has 0 bridgehead atoms. The Morgan fingerprint density at radius 3 is 2.41 bits per heavy atom. The third kappa shape index (κ3) is 11.9. The number of aliphatic hydroxyl groups is 1. The van der Waals surface area contributed by atoms with E-state index >= 15 is 0 Å². The molecule has 3 nitrogen and oxygen atoms in total. The van der Waals surface area contributed by atoms with Crippen molar-refractivity contribution >= 4 is 6.29 Å². The number of benzene rings is 1. The van der Waals surface area contributed by atoms with E-state index in [1.807, 2.05) is 31.2 Å². The molecule has 1 rings (SSSR count). The SMILES string of the molecule is C=C(CC=O)CCC=C(C)C.Cc1ccc(OCCO)cc1. The van der Waals surface area contributed by atoms with E-state index in [4.69, 9.17) is 9.84 Å². The summed E-state index contributed by atoms with van der Waals surface area (Å²) in [5.41, 5.74) is 3.56. The van der Waals surface area contributed by atoms with E-state index in [2.05, 4.69) is 26.5 Å². The molecular formula is C19H28O3. The highest BCUT2D eigenvalue weighted by Gasteiger charge is 1.91. The van der Waals surface area contributed by atoms with Crippen molar-refractivity contribution in [2.24, 2.45) is 0 Å². The maximum atomic E-state index is 10.0. The quantitative estimate of drug-likeness (QED) is 0.577. The number of hydrogen-bond acceptors (Lipinski definition) is 3. The Balaban J connectivity index is 0.000000401. The molecule has 0 saturated heterocycles. The second kappa shape index (κ2) is 12.8. The summed E-state index contributed by atoms with van der Waals surface area (Å²) in [4.78, 5) is 10.0. The number of rotatable bonds is 8. The van der Waals surface area contributed by atoms with Gasteiger partial charge in [0, 0.05) is 6.42 Å². The largest absolute Gasteiger partial charge is 0.491 e. The monoisotopic (exact) mass is 304 g/mol. The van der Waals surface area contributed by atoms with Gasteiger partial charge in [0.2, 0.25) is 0 Å². The van der Waals surface area contributed by atoms with E-state index in [-0.39, 0.29) is 6.61 Å². The van der Waals surface area contributed by atoms with Gasteiger partial charge in [-0.15, -0.1) is 0 Å². The number of hydrogen-bond donors (Lipinski definition) is 1. The van der Waals surface area contributed by atoms with E-state index in [9.17, 15) is 4.79 Å². The summed E-state index contributed by atoms with van der Waals surface area (Å²) >= 11 is 0. The Labute approximate surface area is 134 Å². The summed E-state index contributed by atoms with van der Waals surface area (Å²) in [6.45, 7) is 10.4. The van der Waals surface area contributed by atoms with Crippen LogP contribution in [0.2, 0.25) is 0 Å². The summed E-state index contributed by atoms with van der Waals surface area (Å²) in [5.74, 6) is 0.810. The van der Waals surface area contributed by atoms with Crippen molar-refractivity contribution in [3.8, 4) is 5.75 Å². The zero-order valence-electron chi connectivity index (χ0n) is 14.0. The summed E-state index contributed by atoms with van der Waals surface area (Å²) in [6.07, 6.45) is 5.52. The molecule has 0 aromatic heterocycles. The molecule has 0 aliphatic rings. The maximum Gasteiger partial charge on any atom is 0.124 e. The lowest BCUT2D eigenvalue weighted by atomic mass is 10.1. The van der Waals surface area contributed by atoms with E-state index in [0.29, 0.717) is 13.0 Å². The molecule has 0 amide bonds. The van der Waals surface area contributed by atoms with Crippen LogP contribution < -0.4 is 4.74 Å². The predicted octanol–water partition coefficient (Wildman–Crippen LogP) is 4.24. The zero-order chi connectivity index (χ0) is 16.8. The summed E-state index contributed by atoms with van der Waals surface area (Å²) in [5, 5.41) is 8.46. The lowest BCUT2D eigenvalue weighted by Gasteiger charge is -2.02. The van der Waals surface area contributed by atoms with Crippen molar-refractivity contribution in [2.45, 2.75) is 40.0 Å². The van der Waals surface area contributed by atoms with Gasteiger partial charge in [0.25, 0.3) is 0 Å². The summed E-state index contributed by atoms with van der Waals surface area (Å²) in [6, 6.07) is 7.75. The fourth-order valence-electron chi connectivity index (χ4n) is 1.58. The van der Waals surface area contributed by atoms with Gasteiger partial charge in [0.1, 0.15) is 18.6 Å². The molecule has 1 aromatic rings. The minimum atomic E-state index is 0.0634. The van der Waals surface area contributed by atoms with Crippen LogP contribution in [0, 0.1) is 6.92 Å². The Morgan fingerprint density at radius 2 is 1.91 bits per heavy atom. The van der Waals surface area contributed by atoms with Crippen molar-refractivity contribution in [3.05, 3.63) is 53.6 Å². The third-order valence-corrected chi connectivity index (χ3v) is 2.80. The summed E-state index contributed by atoms with van der Waals surface area (Å²) in [7, 11) is 0. The average Bonchev–Trinajstić information content (AvgIpc) is 2.47. The van der Waals surface area contributed by atoms with Gasteiger partial charge in [0.05, 0.1) is 6.61 Å². The van der Waals surface area contributed by atoms with E-state index in [0.717, 1.165) is 30.5 Å². The van der Waals surface area contributed by atoms with Crippen LogP contribution in [-0.2, 0) is 4.79 Å². The van der Waals surface area contributed by atoms with Crippen LogP contribution in [0.1, 0.15) is 38.7 Å². The second-order valence-electron chi connectivity index (χ2n) is 5.33. The first-order valence-corrected chi connectivity index (χ1v) is 7.53. The predicted molar refractivity (Wildman–Crippen MR) is 92.2 cm³/mol.